The molecule has 2 amide bonds. The molecule has 0 aromatic heterocycles. The molecule has 0 radical (unpaired) electrons. The molecule has 1 atom stereocenters. The van der Waals surface area contributed by atoms with Crippen LogP contribution >= 0.6 is 12.6 Å². The lowest BCUT2D eigenvalue weighted by Gasteiger charge is -2.15. The molecule has 0 fully saturated rings. The van der Waals surface area contributed by atoms with Crippen LogP contribution in [0, 0.1) is 0 Å². The number of hydrogen-bond acceptors (Lipinski definition) is 5. The van der Waals surface area contributed by atoms with Gasteiger partial charge in [0.15, 0.2) is 0 Å². The lowest BCUT2D eigenvalue weighted by molar-refractivity contribution is -0.127. The Hall–Kier alpha value is -0.800. The molecular weight excluding hydrogens is 278 g/mol. The Morgan fingerprint density at radius 3 is 2.39 bits per heavy atom. The minimum absolute atomic E-state index is 0.0158. The van der Waals surface area contributed by atoms with Crippen molar-refractivity contribution in [1.82, 2.24) is 15.4 Å². The quantitative estimate of drug-likeness (QED) is 0.408. The number of carbonyl (C=O) groups excluding carboxylic acids is 2. The number of rotatable bonds is 8. The molecular formula is C9H19N3O4S2. The molecule has 0 spiro atoms. The molecule has 0 bridgehead atoms. The Labute approximate surface area is 113 Å². The Morgan fingerprint density at radius 1 is 1.33 bits per heavy atom. The first-order chi connectivity index (χ1) is 8.32. The smallest absolute Gasteiger partial charge is 0.243 e. The van der Waals surface area contributed by atoms with Crippen LogP contribution in [0.15, 0.2) is 0 Å². The lowest BCUT2D eigenvalue weighted by Crippen LogP contribution is -2.48. The molecule has 3 N–H and O–H groups in total. The van der Waals surface area contributed by atoms with Gasteiger partial charge >= 0.3 is 0 Å². The molecule has 0 aliphatic rings. The van der Waals surface area contributed by atoms with E-state index in [0.29, 0.717) is 6.54 Å². The van der Waals surface area contributed by atoms with Gasteiger partial charge in [0.2, 0.25) is 21.8 Å². The highest BCUT2D eigenvalue weighted by Gasteiger charge is 2.18. The normalized spacial score (nSPS) is 12.8. The van der Waals surface area contributed by atoms with Gasteiger partial charge in [0.1, 0.15) is 6.04 Å². The van der Waals surface area contributed by atoms with Gasteiger partial charge in [0, 0.05) is 25.8 Å². The second kappa shape index (κ2) is 8.33. The van der Waals surface area contributed by atoms with Crippen molar-refractivity contribution in [2.45, 2.75) is 19.9 Å². The van der Waals surface area contributed by atoms with Crippen LogP contribution in [-0.2, 0) is 19.6 Å². The third kappa shape index (κ3) is 7.51. The highest BCUT2D eigenvalue weighted by molar-refractivity contribution is 7.89. The summed E-state index contributed by atoms with van der Waals surface area (Å²) in [7, 11) is -3.35. The summed E-state index contributed by atoms with van der Waals surface area (Å²) < 4.78 is 24.9. The summed E-state index contributed by atoms with van der Waals surface area (Å²) in [5, 5.41) is 4.84. The number of amides is 2. The highest BCUT2D eigenvalue weighted by Crippen LogP contribution is 1.89. The van der Waals surface area contributed by atoms with Crippen molar-refractivity contribution >= 4 is 34.5 Å². The molecule has 0 rings (SSSR count). The van der Waals surface area contributed by atoms with E-state index in [1.54, 1.807) is 6.92 Å². The first kappa shape index (κ1) is 17.2. The SMILES string of the molecule is CCNS(=O)(=O)CCNC(=O)C(CS)NC(C)=O. The zero-order valence-corrected chi connectivity index (χ0v) is 12.1. The maximum Gasteiger partial charge on any atom is 0.243 e. The lowest BCUT2D eigenvalue weighted by atomic mass is 10.3. The van der Waals surface area contributed by atoms with E-state index in [9.17, 15) is 18.0 Å². The van der Waals surface area contributed by atoms with Crippen LogP contribution in [0.4, 0.5) is 0 Å². The molecule has 0 aliphatic heterocycles. The minimum Gasteiger partial charge on any atom is -0.353 e. The van der Waals surface area contributed by atoms with Crippen molar-refractivity contribution in [1.29, 1.82) is 0 Å². The van der Waals surface area contributed by atoms with E-state index in [1.807, 2.05) is 0 Å². The molecule has 0 aliphatic carbocycles. The maximum atomic E-state index is 11.6. The Balaban J connectivity index is 4.13. The third-order valence-corrected chi connectivity index (χ3v) is 3.75. The van der Waals surface area contributed by atoms with Gasteiger partial charge < -0.3 is 10.6 Å². The number of nitrogens with one attached hydrogen (secondary N) is 3. The van der Waals surface area contributed by atoms with Crippen LogP contribution in [-0.4, -0.2) is 50.9 Å². The first-order valence-corrected chi connectivity index (χ1v) is 7.74. The maximum absolute atomic E-state index is 11.6. The number of sulfonamides is 1. The molecule has 7 nitrogen and oxygen atoms in total. The number of thiol groups is 1. The van der Waals surface area contributed by atoms with E-state index in [4.69, 9.17) is 0 Å². The van der Waals surface area contributed by atoms with Gasteiger partial charge in [-0.25, -0.2) is 13.1 Å². The van der Waals surface area contributed by atoms with Crippen LogP contribution in [0.25, 0.3) is 0 Å². The van der Waals surface area contributed by atoms with Crippen LogP contribution < -0.4 is 15.4 Å². The van der Waals surface area contributed by atoms with E-state index in [1.165, 1.54) is 6.92 Å². The monoisotopic (exact) mass is 297 g/mol. The van der Waals surface area contributed by atoms with Crippen LogP contribution in [0.2, 0.25) is 0 Å². The van der Waals surface area contributed by atoms with Crippen molar-refractivity contribution in [2.24, 2.45) is 0 Å². The van der Waals surface area contributed by atoms with Crippen LogP contribution in [0.5, 0.6) is 0 Å². The second-order valence-corrected chi connectivity index (χ2v) is 5.84. The predicted octanol–water partition coefficient (Wildman–Crippen LogP) is -1.52. The van der Waals surface area contributed by atoms with Crippen molar-refractivity contribution < 1.29 is 18.0 Å². The molecule has 0 aromatic rings. The molecule has 0 aromatic carbocycles. The van der Waals surface area contributed by atoms with Gasteiger partial charge in [0.25, 0.3) is 0 Å². The van der Waals surface area contributed by atoms with E-state index in [0.717, 1.165) is 0 Å². The fraction of sp³-hybridized carbons (Fsp3) is 0.778. The summed E-state index contributed by atoms with van der Waals surface area (Å²) in [5.41, 5.74) is 0. The summed E-state index contributed by atoms with van der Waals surface area (Å²) in [5.74, 6) is -0.853. The summed E-state index contributed by atoms with van der Waals surface area (Å²) in [6.07, 6.45) is 0. The summed E-state index contributed by atoms with van der Waals surface area (Å²) >= 11 is 3.94. The fourth-order valence-corrected chi connectivity index (χ4v) is 2.38. The molecule has 0 saturated carbocycles. The van der Waals surface area contributed by atoms with E-state index in [2.05, 4.69) is 28.0 Å². The molecule has 0 heterocycles. The minimum atomic E-state index is -3.35. The zero-order chi connectivity index (χ0) is 14.2. The number of carbonyl (C=O) groups is 2. The van der Waals surface area contributed by atoms with Crippen molar-refractivity contribution in [3.63, 3.8) is 0 Å². The van der Waals surface area contributed by atoms with Gasteiger partial charge in [-0.15, -0.1) is 0 Å². The van der Waals surface area contributed by atoms with Gasteiger partial charge in [-0.05, 0) is 0 Å². The van der Waals surface area contributed by atoms with Crippen LogP contribution in [0.3, 0.4) is 0 Å². The zero-order valence-electron chi connectivity index (χ0n) is 10.4. The summed E-state index contributed by atoms with van der Waals surface area (Å²) in [6, 6.07) is -0.757. The highest BCUT2D eigenvalue weighted by atomic mass is 32.2. The molecule has 1 unspecified atom stereocenters. The molecule has 18 heavy (non-hydrogen) atoms. The van der Waals surface area contributed by atoms with E-state index >= 15 is 0 Å². The molecule has 106 valence electrons. The average Bonchev–Trinajstić information content (AvgIpc) is 2.24. The Morgan fingerprint density at radius 2 is 1.94 bits per heavy atom. The van der Waals surface area contributed by atoms with E-state index in [-0.39, 0.29) is 24.0 Å². The summed E-state index contributed by atoms with van der Waals surface area (Å²) in [6.45, 7) is 3.25. The van der Waals surface area contributed by atoms with Crippen molar-refractivity contribution in [3.05, 3.63) is 0 Å². The van der Waals surface area contributed by atoms with Crippen molar-refractivity contribution in [3.8, 4) is 0 Å². The van der Waals surface area contributed by atoms with Crippen molar-refractivity contribution in [2.75, 3.05) is 24.6 Å². The largest absolute Gasteiger partial charge is 0.353 e. The Bertz CT molecular complexity index is 383. The first-order valence-electron chi connectivity index (χ1n) is 5.45. The topological polar surface area (TPSA) is 104 Å². The van der Waals surface area contributed by atoms with Gasteiger partial charge in [-0.1, -0.05) is 6.92 Å². The van der Waals surface area contributed by atoms with Crippen LogP contribution in [0.1, 0.15) is 13.8 Å². The average molecular weight is 297 g/mol. The number of hydrogen-bond donors (Lipinski definition) is 4. The molecule has 9 heteroatoms. The fourth-order valence-electron chi connectivity index (χ4n) is 1.16. The Kier molecular flexibility index (Phi) is 7.96. The predicted molar refractivity (Wildman–Crippen MR) is 71.9 cm³/mol. The van der Waals surface area contributed by atoms with Gasteiger partial charge in [-0.3, -0.25) is 9.59 Å². The van der Waals surface area contributed by atoms with E-state index < -0.39 is 22.0 Å². The standard InChI is InChI=1S/C9H19N3O4S2/c1-3-11-18(15,16)5-4-10-9(14)8(6-17)12-7(2)13/h8,11,17H,3-6H2,1-2H3,(H,10,14)(H,12,13). The van der Waals surface area contributed by atoms with Gasteiger partial charge in [0.05, 0.1) is 5.75 Å². The summed E-state index contributed by atoms with van der Waals surface area (Å²) in [4.78, 5) is 22.4. The molecule has 0 saturated heterocycles. The second-order valence-electron chi connectivity index (χ2n) is 3.54. The van der Waals surface area contributed by atoms with Gasteiger partial charge in [-0.2, -0.15) is 12.6 Å². The third-order valence-electron chi connectivity index (χ3n) is 1.91.